The number of nitrogens with zero attached hydrogens (tertiary/aromatic N) is 3. The topological polar surface area (TPSA) is 75.9 Å². The van der Waals surface area contributed by atoms with Gasteiger partial charge < -0.3 is 14.5 Å². The molecule has 1 aliphatic rings. The highest BCUT2D eigenvalue weighted by molar-refractivity contribution is 5.90. The number of carbonyl (C=O) groups excluding carboxylic acids is 2. The Labute approximate surface area is 154 Å². The van der Waals surface area contributed by atoms with E-state index in [0.717, 1.165) is 5.65 Å². The van der Waals surface area contributed by atoms with Gasteiger partial charge in [-0.15, -0.1) is 0 Å². The number of benzene rings is 1. The van der Waals surface area contributed by atoms with Crippen molar-refractivity contribution in [1.29, 1.82) is 0 Å². The largest absolute Gasteiger partial charge is 0.442 e. The SMILES string of the molecule is CC(=O)NC[C@H]1CN(c2ccc(-c3ccc4nccn4c3)c(F)c2)C(=O)O1. The van der Waals surface area contributed by atoms with Crippen LogP contribution in [0.2, 0.25) is 0 Å². The van der Waals surface area contributed by atoms with E-state index < -0.39 is 18.0 Å². The molecule has 2 aromatic heterocycles. The summed E-state index contributed by atoms with van der Waals surface area (Å²) in [4.78, 5) is 28.6. The van der Waals surface area contributed by atoms with Gasteiger partial charge in [-0.1, -0.05) is 0 Å². The summed E-state index contributed by atoms with van der Waals surface area (Å²) in [6, 6.07) is 8.24. The number of anilines is 1. The Balaban J connectivity index is 1.56. The molecule has 0 unspecified atom stereocenters. The van der Waals surface area contributed by atoms with E-state index in [-0.39, 0.29) is 19.0 Å². The predicted molar refractivity (Wildman–Crippen MR) is 96.9 cm³/mol. The number of hydrogen-bond acceptors (Lipinski definition) is 4. The van der Waals surface area contributed by atoms with Crippen molar-refractivity contribution in [3.8, 4) is 11.1 Å². The Morgan fingerprint density at radius 2 is 2.22 bits per heavy atom. The molecule has 138 valence electrons. The molecule has 27 heavy (non-hydrogen) atoms. The van der Waals surface area contributed by atoms with Crippen LogP contribution in [-0.4, -0.2) is 40.6 Å². The van der Waals surface area contributed by atoms with Gasteiger partial charge in [-0.2, -0.15) is 0 Å². The van der Waals surface area contributed by atoms with Crippen LogP contribution in [0.4, 0.5) is 14.9 Å². The Morgan fingerprint density at radius 3 is 3.00 bits per heavy atom. The fourth-order valence-electron chi connectivity index (χ4n) is 3.08. The first-order chi connectivity index (χ1) is 13.0. The molecule has 1 saturated heterocycles. The Kier molecular flexibility index (Phi) is 4.23. The van der Waals surface area contributed by atoms with E-state index in [9.17, 15) is 14.0 Å². The van der Waals surface area contributed by atoms with Crippen LogP contribution in [-0.2, 0) is 9.53 Å². The second-order valence-electron chi connectivity index (χ2n) is 6.33. The van der Waals surface area contributed by atoms with E-state index >= 15 is 0 Å². The van der Waals surface area contributed by atoms with Crippen LogP contribution in [0, 0.1) is 5.82 Å². The lowest BCUT2D eigenvalue weighted by atomic mass is 10.1. The van der Waals surface area contributed by atoms with Gasteiger partial charge in [-0.25, -0.2) is 14.2 Å². The number of nitrogens with one attached hydrogen (secondary N) is 1. The van der Waals surface area contributed by atoms with Gasteiger partial charge in [0.1, 0.15) is 17.6 Å². The van der Waals surface area contributed by atoms with Crippen LogP contribution in [0.3, 0.4) is 0 Å². The molecule has 0 spiro atoms. The Bertz CT molecular complexity index is 1030. The van der Waals surface area contributed by atoms with Crippen molar-refractivity contribution < 1.29 is 18.7 Å². The third-order valence-electron chi connectivity index (χ3n) is 4.42. The van der Waals surface area contributed by atoms with E-state index in [1.54, 1.807) is 36.8 Å². The number of ether oxygens (including phenoxy) is 1. The van der Waals surface area contributed by atoms with Gasteiger partial charge in [-0.05, 0) is 30.3 Å². The minimum Gasteiger partial charge on any atom is -0.442 e. The van der Waals surface area contributed by atoms with E-state index in [1.165, 1.54) is 17.9 Å². The second-order valence-corrected chi connectivity index (χ2v) is 6.33. The first-order valence-corrected chi connectivity index (χ1v) is 8.46. The highest BCUT2D eigenvalue weighted by Crippen LogP contribution is 2.29. The number of imidazole rings is 1. The molecule has 0 bridgehead atoms. The highest BCUT2D eigenvalue weighted by atomic mass is 19.1. The van der Waals surface area contributed by atoms with E-state index in [4.69, 9.17) is 4.74 Å². The lowest BCUT2D eigenvalue weighted by Crippen LogP contribution is -2.33. The van der Waals surface area contributed by atoms with E-state index in [0.29, 0.717) is 16.8 Å². The number of cyclic esters (lactones) is 1. The monoisotopic (exact) mass is 368 g/mol. The molecule has 0 saturated carbocycles. The van der Waals surface area contributed by atoms with E-state index in [1.807, 2.05) is 10.5 Å². The molecule has 0 radical (unpaired) electrons. The standard InChI is InChI=1S/C19H17FN4O3/c1-12(25)22-9-15-11-24(19(26)27-15)14-3-4-16(17(20)8-14)13-2-5-18-21-6-7-23(18)10-13/h2-8,10,15H,9,11H2,1H3,(H,22,25)/t15-/m0/s1. The molecule has 4 rings (SSSR count). The van der Waals surface area contributed by atoms with Gasteiger partial charge in [0.25, 0.3) is 0 Å². The second kappa shape index (κ2) is 6.71. The molecule has 1 aromatic carbocycles. The minimum atomic E-state index is -0.558. The number of fused-ring (bicyclic) bond motifs is 1. The number of carbonyl (C=O) groups is 2. The van der Waals surface area contributed by atoms with Gasteiger partial charge in [0, 0.05) is 36.6 Å². The van der Waals surface area contributed by atoms with Crippen molar-refractivity contribution in [2.75, 3.05) is 18.0 Å². The maximum atomic E-state index is 14.7. The van der Waals surface area contributed by atoms with Crippen LogP contribution in [0.15, 0.2) is 48.9 Å². The summed E-state index contributed by atoms with van der Waals surface area (Å²) >= 11 is 0. The van der Waals surface area contributed by atoms with Crippen LogP contribution >= 0.6 is 0 Å². The zero-order valence-corrected chi connectivity index (χ0v) is 14.6. The van der Waals surface area contributed by atoms with E-state index in [2.05, 4.69) is 10.3 Å². The number of pyridine rings is 1. The molecule has 7 nitrogen and oxygen atoms in total. The molecule has 1 atom stereocenters. The summed E-state index contributed by atoms with van der Waals surface area (Å²) in [5, 5.41) is 2.61. The van der Waals surface area contributed by atoms with Gasteiger partial charge in [0.2, 0.25) is 5.91 Å². The molecular weight excluding hydrogens is 351 g/mol. The van der Waals surface area contributed by atoms with Crippen molar-refractivity contribution in [3.63, 3.8) is 0 Å². The summed E-state index contributed by atoms with van der Waals surface area (Å²) in [5.41, 5.74) is 2.32. The first-order valence-electron chi connectivity index (χ1n) is 8.46. The van der Waals surface area contributed by atoms with Crippen molar-refractivity contribution in [2.45, 2.75) is 13.0 Å². The quantitative estimate of drug-likeness (QED) is 0.768. The molecule has 0 aliphatic carbocycles. The molecule has 3 aromatic rings. The maximum Gasteiger partial charge on any atom is 0.414 e. The number of halogens is 1. The fourth-order valence-corrected chi connectivity index (χ4v) is 3.08. The first kappa shape index (κ1) is 17.0. The number of amides is 2. The lowest BCUT2D eigenvalue weighted by Gasteiger charge is -2.14. The molecule has 1 aliphatic heterocycles. The summed E-state index contributed by atoms with van der Waals surface area (Å²) in [6.07, 6.45) is 4.24. The molecular formula is C19H17FN4O3. The van der Waals surface area contributed by atoms with Crippen molar-refractivity contribution >= 4 is 23.3 Å². The van der Waals surface area contributed by atoms with Crippen molar-refractivity contribution in [3.05, 3.63) is 54.7 Å². The van der Waals surface area contributed by atoms with Gasteiger partial charge in [-0.3, -0.25) is 9.69 Å². The third kappa shape index (κ3) is 3.33. The fraction of sp³-hybridized carbons (Fsp3) is 0.211. The molecule has 2 amide bonds. The van der Waals surface area contributed by atoms with Gasteiger partial charge in [0.05, 0.1) is 18.8 Å². The average Bonchev–Trinajstić information content (AvgIpc) is 3.25. The molecule has 3 heterocycles. The maximum absolute atomic E-state index is 14.7. The summed E-state index contributed by atoms with van der Waals surface area (Å²) in [5.74, 6) is -0.639. The number of rotatable bonds is 4. The lowest BCUT2D eigenvalue weighted by molar-refractivity contribution is -0.119. The van der Waals surface area contributed by atoms with Crippen molar-refractivity contribution in [2.24, 2.45) is 0 Å². The molecule has 1 fully saturated rings. The third-order valence-corrected chi connectivity index (χ3v) is 4.42. The molecule has 1 N–H and O–H groups in total. The predicted octanol–water partition coefficient (Wildman–Crippen LogP) is 2.60. The number of hydrogen-bond donors (Lipinski definition) is 1. The summed E-state index contributed by atoms with van der Waals surface area (Å²) < 4.78 is 21.8. The highest BCUT2D eigenvalue weighted by Gasteiger charge is 2.32. The normalized spacial score (nSPS) is 16.6. The summed E-state index contributed by atoms with van der Waals surface area (Å²) in [6.45, 7) is 1.87. The Morgan fingerprint density at radius 1 is 1.37 bits per heavy atom. The average molecular weight is 368 g/mol. The van der Waals surface area contributed by atoms with Gasteiger partial charge in [0.15, 0.2) is 0 Å². The van der Waals surface area contributed by atoms with Crippen LogP contribution < -0.4 is 10.2 Å². The Hall–Kier alpha value is -3.42. The van der Waals surface area contributed by atoms with Crippen molar-refractivity contribution in [1.82, 2.24) is 14.7 Å². The minimum absolute atomic E-state index is 0.199. The van der Waals surface area contributed by atoms with Gasteiger partial charge >= 0.3 is 6.09 Å². The van der Waals surface area contributed by atoms with Crippen LogP contribution in [0.25, 0.3) is 16.8 Å². The zero-order valence-electron chi connectivity index (χ0n) is 14.6. The van der Waals surface area contributed by atoms with Crippen LogP contribution in [0.1, 0.15) is 6.92 Å². The number of aromatic nitrogens is 2. The summed E-state index contributed by atoms with van der Waals surface area (Å²) in [7, 11) is 0. The van der Waals surface area contributed by atoms with Crippen LogP contribution in [0.5, 0.6) is 0 Å². The molecule has 8 heteroatoms. The smallest absolute Gasteiger partial charge is 0.414 e. The zero-order chi connectivity index (χ0) is 19.0.